The molecular formula is C33H48N7O8P. The van der Waals surface area contributed by atoms with E-state index in [-0.39, 0.29) is 54.5 Å². The summed E-state index contributed by atoms with van der Waals surface area (Å²) >= 11 is 0. The van der Waals surface area contributed by atoms with Crippen molar-refractivity contribution in [2.24, 2.45) is 23.0 Å². The molecular weight excluding hydrogens is 653 g/mol. The van der Waals surface area contributed by atoms with E-state index in [9.17, 15) is 18.9 Å². The van der Waals surface area contributed by atoms with Crippen LogP contribution in [0.5, 0.6) is 5.75 Å². The Kier molecular flexibility index (Phi) is 12.8. The second-order valence-electron chi connectivity index (χ2n) is 12.9. The Morgan fingerprint density at radius 1 is 1.10 bits per heavy atom. The number of carbonyl (C=O) groups is 2. The summed E-state index contributed by atoms with van der Waals surface area (Å²) < 4.78 is 39.0. The third-order valence-electron chi connectivity index (χ3n) is 8.35. The van der Waals surface area contributed by atoms with Crippen LogP contribution in [0.15, 0.2) is 47.0 Å². The predicted octanol–water partition coefficient (Wildman–Crippen LogP) is 4.40. The summed E-state index contributed by atoms with van der Waals surface area (Å²) in [6.07, 6.45) is 7.26. The highest BCUT2D eigenvalue weighted by atomic mass is 31.2. The maximum absolute atomic E-state index is 14.3. The van der Waals surface area contributed by atoms with Crippen molar-refractivity contribution in [3.63, 3.8) is 0 Å². The van der Waals surface area contributed by atoms with Crippen molar-refractivity contribution in [1.29, 1.82) is 0 Å². The van der Waals surface area contributed by atoms with Crippen LogP contribution in [0.3, 0.4) is 0 Å². The summed E-state index contributed by atoms with van der Waals surface area (Å²) in [5.74, 6) is -0.951. The number of anilines is 1. The number of carbonyl (C=O) groups excluding carboxylic acids is 2. The molecule has 0 spiro atoms. The summed E-state index contributed by atoms with van der Waals surface area (Å²) in [7, 11) is -4.25. The molecule has 1 aromatic carbocycles. The summed E-state index contributed by atoms with van der Waals surface area (Å²) in [5.41, 5.74) is 11.4. The lowest BCUT2D eigenvalue weighted by Crippen LogP contribution is -2.38. The molecule has 0 saturated heterocycles. The molecule has 268 valence electrons. The van der Waals surface area contributed by atoms with E-state index in [4.69, 9.17) is 30.0 Å². The number of H-pyrrole nitrogens is 1. The maximum Gasteiger partial charge on any atom is 0.459 e. The van der Waals surface area contributed by atoms with Gasteiger partial charge in [0.25, 0.3) is 5.56 Å². The summed E-state index contributed by atoms with van der Waals surface area (Å²) in [5, 5.41) is 2.74. The first-order valence-corrected chi connectivity index (χ1v) is 18.1. The van der Waals surface area contributed by atoms with Gasteiger partial charge in [-0.15, -0.1) is 0 Å². The van der Waals surface area contributed by atoms with Crippen LogP contribution >= 0.6 is 7.75 Å². The first-order valence-electron chi connectivity index (χ1n) is 16.6. The van der Waals surface area contributed by atoms with Gasteiger partial charge in [0.1, 0.15) is 30.8 Å². The Labute approximate surface area is 285 Å². The van der Waals surface area contributed by atoms with E-state index in [0.717, 1.165) is 31.3 Å². The van der Waals surface area contributed by atoms with E-state index < -0.39 is 42.7 Å². The number of nitrogen functional groups attached to an aromatic ring is 1. The average molecular weight is 702 g/mol. The van der Waals surface area contributed by atoms with Gasteiger partial charge in [0, 0.05) is 6.20 Å². The van der Waals surface area contributed by atoms with Gasteiger partial charge in [-0.1, -0.05) is 58.7 Å². The Morgan fingerprint density at radius 3 is 2.45 bits per heavy atom. The largest absolute Gasteiger partial charge is 0.464 e. The third kappa shape index (κ3) is 10.0. The van der Waals surface area contributed by atoms with Crippen LogP contribution in [0.2, 0.25) is 0 Å². The molecule has 1 saturated carbocycles. The normalized spacial score (nSPS) is 19.1. The average Bonchev–Trinajstić information content (AvgIpc) is 3.59. The first kappa shape index (κ1) is 37.8. The minimum Gasteiger partial charge on any atom is -0.464 e. The maximum atomic E-state index is 14.3. The van der Waals surface area contributed by atoms with Gasteiger partial charge in [0.05, 0.1) is 18.6 Å². The molecule has 2 heterocycles. The van der Waals surface area contributed by atoms with Crippen LogP contribution in [-0.4, -0.2) is 63.4 Å². The molecule has 1 aliphatic rings. The number of nitrogens with zero attached hydrogens (tertiary/aromatic N) is 3. The van der Waals surface area contributed by atoms with Gasteiger partial charge >= 0.3 is 19.7 Å². The molecule has 1 unspecified atom stereocenters. The molecule has 3 aromatic rings. The minimum absolute atomic E-state index is 0.0800. The van der Waals surface area contributed by atoms with E-state index in [0.29, 0.717) is 6.42 Å². The smallest absolute Gasteiger partial charge is 0.459 e. The van der Waals surface area contributed by atoms with Gasteiger partial charge in [-0.3, -0.25) is 28.5 Å². The quantitative estimate of drug-likeness (QED) is 0.101. The van der Waals surface area contributed by atoms with Crippen LogP contribution in [0.25, 0.3) is 17.4 Å². The zero-order valence-corrected chi connectivity index (χ0v) is 29.6. The zero-order valence-electron chi connectivity index (χ0n) is 28.7. The molecule has 4 rings (SSSR count). The van der Waals surface area contributed by atoms with Crippen molar-refractivity contribution < 1.29 is 32.7 Å². The van der Waals surface area contributed by atoms with Crippen molar-refractivity contribution in [2.75, 3.05) is 25.6 Å². The predicted molar refractivity (Wildman–Crippen MR) is 185 cm³/mol. The fraction of sp³-hybridized carbons (Fsp3) is 0.545. The number of benzene rings is 1. The van der Waals surface area contributed by atoms with Crippen molar-refractivity contribution in [3.05, 3.63) is 52.6 Å². The van der Waals surface area contributed by atoms with Crippen LogP contribution in [0.1, 0.15) is 66.7 Å². The van der Waals surface area contributed by atoms with Gasteiger partial charge in [0.15, 0.2) is 11.2 Å². The number of esters is 2. The molecule has 16 heteroatoms. The van der Waals surface area contributed by atoms with Gasteiger partial charge in [-0.2, -0.15) is 10.1 Å². The third-order valence-corrected chi connectivity index (χ3v) is 9.98. The molecule has 2 aromatic heterocycles. The number of nitrogens with two attached hydrogens (primary N) is 2. The molecule has 1 aliphatic carbocycles. The number of para-hydroxylation sites is 1. The fourth-order valence-electron chi connectivity index (χ4n) is 5.28. The van der Waals surface area contributed by atoms with Crippen LogP contribution in [0.4, 0.5) is 5.95 Å². The fourth-order valence-corrected chi connectivity index (χ4v) is 6.85. The van der Waals surface area contributed by atoms with E-state index in [1.807, 2.05) is 0 Å². The molecule has 0 radical (unpaired) electrons. The van der Waals surface area contributed by atoms with Crippen molar-refractivity contribution in [2.45, 2.75) is 78.8 Å². The van der Waals surface area contributed by atoms with Gasteiger partial charge in [0.2, 0.25) is 5.95 Å². The molecule has 0 bridgehead atoms. The van der Waals surface area contributed by atoms with E-state index >= 15 is 0 Å². The molecule has 0 amide bonds. The van der Waals surface area contributed by atoms with Crippen molar-refractivity contribution >= 4 is 43.0 Å². The van der Waals surface area contributed by atoms with Gasteiger partial charge in [-0.25, -0.2) is 9.55 Å². The minimum atomic E-state index is -4.25. The lowest BCUT2D eigenvalue weighted by molar-refractivity contribution is -0.148. The number of nitrogens with one attached hydrogen (secondary N) is 2. The topological polar surface area (TPSA) is 216 Å². The van der Waals surface area contributed by atoms with Crippen molar-refractivity contribution in [1.82, 2.24) is 24.6 Å². The summed E-state index contributed by atoms with van der Waals surface area (Å²) in [4.78, 5) is 48.9. The Balaban J connectivity index is 1.58. The van der Waals surface area contributed by atoms with E-state index in [1.165, 1.54) is 17.8 Å². The first-order chi connectivity index (χ1) is 23.3. The zero-order chi connectivity index (χ0) is 35.8. The van der Waals surface area contributed by atoms with E-state index in [1.54, 1.807) is 50.4 Å². The highest BCUT2D eigenvalue weighted by Gasteiger charge is 2.52. The number of fused-ring (bicyclic) bond motifs is 1. The monoisotopic (exact) mass is 701 g/mol. The lowest BCUT2D eigenvalue weighted by atomic mass is 9.99. The van der Waals surface area contributed by atoms with Crippen LogP contribution in [0, 0.1) is 17.3 Å². The Morgan fingerprint density at radius 2 is 1.80 bits per heavy atom. The Bertz CT molecular complexity index is 1720. The summed E-state index contributed by atoms with van der Waals surface area (Å²) in [6, 6.07) is 6.52. The second kappa shape index (κ2) is 16.6. The van der Waals surface area contributed by atoms with Crippen LogP contribution in [-0.2, 0) is 28.2 Å². The highest BCUT2D eigenvalue weighted by Crippen LogP contribution is 2.56. The van der Waals surface area contributed by atoms with Gasteiger partial charge < -0.3 is 25.5 Å². The molecule has 4 atom stereocenters. The number of ether oxygens (including phenoxy) is 2. The standard InChI is InChI=1S/C33H48N7O8P/c1-6-11-23(12-7-2)17-45-30(42)22(5)39-49(44,48-25-13-9-8-10-14-25)47-19-33(18-46-31(43)26(34)21(3)4)15-24(33)16-40-20-36-27-28(40)37-32(35)38-29(27)41/h8-10,13-14,16,20-23,26H,6-7,11-12,15,17-19,34H2,1-5H3,(H,39,44)(H3,35,37,38,41)/b24-16-/t22-,26-,33-,49?/m0/s1. The van der Waals surface area contributed by atoms with Crippen molar-refractivity contribution in [3.8, 4) is 5.75 Å². The Hall–Kier alpha value is -4.04. The number of aromatic nitrogens is 4. The number of hydrogen-bond donors (Lipinski definition) is 4. The number of aromatic amines is 1. The molecule has 0 aliphatic heterocycles. The number of rotatable bonds is 19. The SMILES string of the molecule is CCCC(CCC)COC(=O)[C@H](C)NP(=O)(OC[C@@]1(COC(=O)[C@@H](N)C(C)C)C/C1=C/n1cnc2c(=O)[nH]c(N)nc21)Oc1ccccc1. The number of hydrogen-bond acceptors (Lipinski definition) is 12. The van der Waals surface area contributed by atoms with Crippen LogP contribution < -0.4 is 26.6 Å². The number of imidazole rings is 1. The molecule has 6 N–H and O–H groups in total. The molecule has 15 nitrogen and oxygen atoms in total. The highest BCUT2D eigenvalue weighted by molar-refractivity contribution is 7.52. The second-order valence-corrected chi connectivity index (χ2v) is 14.6. The molecule has 49 heavy (non-hydrogen) atoms. The van der Waals surface area contributed by atoms with E-state index in [2.05, 4.69) is 33.9 Å². The summed E-state index contributed by atoms with van der Waals surface area (Å²) in [6.45, 7) is 9.18. The van der Waals surface area contributed by atoms with Gasteiger partial charge in [-0.05, 0) is 55.7 Å². The lowest BCUT2D eigenvalue weighted by Gasteiger charge is -2.25. The molecule has 1 fully saturated rings.